The highest BCUT2D eigenvalue weighted by molar-refractivity contribution is 5.16. The molecule has 0 aromatic heterocycles. The summed E-state index contributed by atoms with van der Waals surface area (Å²) in [5, 5.41) is 3.06. The Morgan fingerprint density at radius 1 is 1.20 bits per heavy atom. The molecule has 4 heteroatoms. The molecule has 0 saturated heterocycles. The number of nitrogens with zero attached hydrogens (tertiary/aromatic N) is 1. The molecule has 1 aliphatic rings. The Balaban J connectivity index is 1.98. The molecule has 80 valence electrons. The van der Waals surface area contributed by atoms with E-state index < -0.39 is 0 Å². The molecule has 0 radical (unpaired) electrons. The van der Waals surface area contributed by atoms with Crippen molar-refractivity contribution in [1.29, 1.82) is 0 Å². The SMILES string of the molecule is NC1=C(N)NCN(Cc2ccccc2)C1. The molecule has 0 unspecified atom stereocenters. The average Bonchev–Trinajstić information content (AvgIpc) is 2.25. The molecule has 15 heavy (non-hydrogen) atoms. The van der Waals surface area contributed by atoms with Crippen LogP contribution in [0.4, 0.5) is 0 Å². The zero-order valence-electron chi connectivity index (χ0n) is 8.61. The van der Waals surface area contributed by atoms with Gasteiger partial charge in [0.25, 0.3) is 0 Å². The smallest absolute Gasteiger partial charge is 0.118 e. The van der Waals surface area contributed by atoms with Crippen LogP contribution in [0.5, 0.6) is 0 Å². The van der Waals surface area contributed by atoms with Gasteiger partial charge >= 0.3 is 0 Å². The van der Waals surface area contributed by atoms with E-state index in [4.69, 9.17) is 11.5 Å². The summed E-state index contributed by atoms with van der Waals surface area (Å²) in [6.07, 6.45) is 0. The molecule has 1 aliphatic heterocycles. The second kappa shape index (κ2) is 4.23. The molecule has 0 amide bonds. The lowest BCUT2D eigenvalue weighted by molar-refractivity contribution is 0.255. The van der Waals surface area contributed by atoms with E-state index in [0.717, 1.165) is 25.5 Å². The number of benzene rings is 1. The van der Waals surface area contributed by atoms with Gasteiger partial charge in [0.05, 0.1) is 12.4 Å². The third-order valence-corrected chi connectivity index (χ3v) is 2.48. The van der Waals surface area contributed by atoms with E-state index in [2.05, 4.69) is 22.3 Å². The summed E-state index contributed by atoms with van der Waals surface area (Å²) >= 11 is 0. The maximum Gasteiger partial charge on any atom is 0.118 e. The van der Waals surface area contributed by atoms with E-state index in [1.807, 2.05) is 18.2 Å². The molecule has 0 atom stereocenters. The highest BCUT2D eigenvalue weighted by Crippen LogP contribution is 2.07. The van der Waals surface area contributed by atoms with Crippen LogP contribution in [0.25, 0.3) is 0 Å². The largest absolute Gasteiger partial charge is 0.398 e. The van der Waals surface area contributed by atoms with E-state index in [1.54, 1.807) is 0 Å². The van der Waals surface area contributed by atoms with Crippen LogP contribution in [0.15, 0.2) is 41.8 Å². The van der Waals surface area contributed by atoms with E-state index in [1.165, 1.54) is 5.56 Å². The van der Waals surface area contributed by atoms with Crippen molar-refractivity contribution in [3.8, 4) is 0 Å². The number of hydrogen-bond donors (Lipinski definition) is 3. The van der Waals surface area contributed by atoms with Crippen LogP contribution in [0.2, 0.25) is 0 Å². The van der Waals surface area contributed by atoms with Crippen molar-refractivity contribution in [2.45, 2.75) is 6.54 Å². The number of rotatable bonds is 2. The van der Waals surface area contributed by atoms with E-state index in [0.29, 0.717) is 5.82 Å². The molecule has 0 bridgehead atoms. The maximum absolute atomic E-state index is 5.77. The molecule has 0 fully saturated rings. The molecule has 1 aromatic carbocycles. The Labute approximate surface area is 89.6 Å². The highest BCUT2D eigenvalue weighted by atomic mass is 15.3. The first-order valence-corrected chi connectivity index (χ1v) is 5.00. The normalized spacial score (nSPS) is 17.6. The zero-order chi connectivity index (χ0) is 10.7. The highest BCUT2D eigenvalue weighted by Gasteiger charge is 2.13. The van der Waals surface area contributed by atoms with Gasteiger partial charge in [-0.1, -0.05) is 30.3 Å². The summed E-state index contributed by atoms with van der Waals surface area (Å²) in [6.45, 7) is 2.37. The summed E-state index contributed by atoms with van der Waals surface area (Å²) in [6, 6.07) is 10.3. The van der Waals surface area contributed by atoms with E-state index >= 15 is 0 Å². The van der Waals surface area contributed by atoms with E-state index in [-0.39, 0.29) is 0 Å². The van der Waals surface area contributed by atoms with Gasteiger partial charge in [0.15, 0.2) is 0 Å². The van der Waals surface area contributed by atoms with Crippen LogP contribution in [0.1, 0.15) is 5.56 Å². The molecule has 0 saturated carbocycles. The molecule has 1 aromatic rings. The summed E-state index contributed by atoms with van der Waals surface area (Å²) < 4.78 is 0. The minimum absolute atomic E-state index is 0.610. The van der Waals surface area contributed by atoms with Crippen molar-refractivity contribution in [3.05, 3.63) is 47.4 Å². The first-order chi connectivity index (χ1) is 7.25. The number of hydrogen-bond acceptors (Lipinski definition) is 4. The average molecular weight is 204 g/mol. The molecule has 2 rings (SSSR count). The van der Waals surface area contributed by atoms with Crippen molar-refractivity contribution >= 4 is 0 Å². The fourth-order valence-corrected chi connectivity index (χ4v) is 1.65. The number of nitrogens with two attached hydrogens (primary N) is 2. The van der Waals surface area contributed by atoms with Gasteiger partial charge < -0.3 is 16.8 Å². The van der Waals surface area contributed by atoms with Crippen molar-refractivity contribution < 1.29 is 0 Å². The van der Waals surface area contributed by atoms with Crippen LogP contribution in [0.3, 0.4) is 0 Å². The van der Waals surface area contributed by atoms with Crippen molar-refractivity contribution in [2.24, 2.45) is 11.5 Å². The lowest BCUT2D eigenvalue weighted by atomic mass is 10.2. The minimum atomic E-state index is 0.610. The van der Waals surface area contributed by atoms with Crippen LogP contribution >= 0.6 is 0 Å². The Bertz CT molecular complexity index is 358. The van der Waals surface area contributed by atoms with Gasteiger partial charge in [-0.05, 0) is 5.56 Å². The summed E-state index contributed by atoms with van der Waals surface area (Å²) in [5.41, 5.74) is 13.4. The van der Waals surface area contributed by atoms with Gasteiger partial charge in [0.2, 0.25) is 0 Å². The zero-order valence-corrected chi connectivity index (χ0v) is 8.61. The fourth-order valence-electron chi connectivity index (χ4n) is 1.65. The minimum Gasteiger partial charge on any atom is -0.398 e. The summed E-state index contributed by atoms with van der Waals surface area (Å²) in [7, 11) is 0. The predicted octanol–water partition coefficient (Wildman–Crippen LogP) is 0.136. The Kier molecular flexibility index (Phi) is 2.78. The van der Waals surface area contributed by atoms with Gasteiger partial charge in [0, 0.05) is 13.1 Å². The van der Waals surface area contributed by atoms with Crippen molar-refractivity contribution in [2.75, 3.05) is 13.2 Å². The summed E-state index contributed by atoms with van der Waals surface area (Å²) in [4.78, 5) is 2.21. The van der Waals surface area contributed by atoms with Gasteiger partial charge in [-0.15, -0.1) is 0 Å². The third kappa shape index (κ3) is 2.41. The summed E-state index contributed by atoms with van der Waals surface area (Å²) in [5.74, 6) is 0.610. The first kappa shape index (κ1) is 9.86. The Morgan fingerprint density at radius 2 is 1.93 bits per heavy atom. The molecular weight excluding hydrogens is 188 g/mol. The lowest BCUT2D eigenvalue weighted by Crippen LogP contribution is -2.44. The molecule has 5 N–H and O–H groups in total. The standard InChI is InChI=1S/C11H16N4/c12-10-7-15(8-14-11(10)13)6-9-4-2-1-3-5-9/h1-5,14H,6-8,12-13H2. The predicted molar refractivity (Wildman–Crippen MR) is 60.3 cm³/mol. The van der Waals surface area contributed by atoms with Crippen molar-refractivity contribution in [1.82, 2.24) is 10.2 Å². The quantitative estimate of drug-likeness (QED) is 0.641. The second-order valence-electron chi connectivity index (χ2n) is 3.75. The molecule has 1 heterocycles. The van der Waals surface area contributed by atoms with Gasteiger partial charge in [-0.25, -0.2) is 0 Å². The molecule has 0 aliphatic carbocycles. The van der Waals surface area contributed by atoms with Gasteiger partial charge in [0.1, 0.15) is 5.82 Å². The molecular formula is C11H16N4. The Morgan fingerprint density at radius 3 is 2.60 bits per heavy atom. The Hall–Kier alpha value is -1.68. The third-order valence-electron chi connectivity index (χ3n) is 2.48. The van der Waals surface area contributed by atoms with Crippen LogP contribution in [-0.4, -0.2) is 18.1 Å². The van der Waals surface area contributed by atoms with Crippen LogP contribution in [-0.2, 0) is 6.54 Å². The fraction of sp³-hybridized carbons (Fsp3) is 0.273. The van der Waals surface area contributed by atoms with Crippen LogP contribution < -0.4 is 16.8 Å². The molecule has 4 nitrogen and oxygen atoms in total. The molecule has 0 spiro atoms. The number of nitrogens with one attached hydrogen (secondary N) is 1. The second-order valence-corrected chi connectivity index (χ2v) is 3.75. The van der Waals surface area contributed by atoms with Crippen LogP contribution in [0, 0.1) is 0 Å². The maximum atomic E-state index is 5.77. The van der Waals surface area contributed by atoms with E-state index in [9.17, 15) is 0 Å². The first-order valence-electron chi connectivity index (χ1n) is 5.00. The topological polar surface area (TPSA) is 67.3 Å². The lowest BCUT2D eigenvalue weighted by Gasteiger charge is -2.28. The van der Waals surface area contributed by atoms with Gasteiger partial charge in [-0.2, -0.15) is 0 Å². The van der Waals surface area contributed by atoms with Crippen molar-refractivity contribution in [3.63, 3.8) is 0 Å². The van der Waals surface area contributed by atoms with Gasteiger partial charge in [-0.3, -0.25) is 4.90 Å². The monoisotopic (exact) mass is 204 g/mol.